The minimum absolute atomic E-state index is 0.0414. The molecule has 22 heavy (non-hydrogen) atoms. The Morgan fingerprint density at radius 1 is 1.00 bits per heavy atom. The Morgan fingerprint density at radius 3 is 1.77 bits per heavy atom. The molecule has 0 aromatic carbocycles. The molecule has 0 aliphatic heterocycles. The second kappa shape index (κ2) is 6.53. The summed E-state index contributed by atoms with van der Waals surface area (Å²) in [5.41, 5.74) is 0. The number of hydrogen-bond donors (Lipinski definition) is 0. The zero-order chi connectivity index (χ0) is 17.9. The van der Waals surface area contributed by atoms with E-state index in [1.807, 2.05) is 0 Å². The fourth-order valence-electron chi connectivity index (χ4n) is 1.30. The first-order valence-electron chi connectivity index (χ1n) is 5.56. The van der Waals surface area contributed by atoms with Crippen LogP contribution in [0, 0.1) is 5.92 Å². The van der Waals surface area contributed by atoms with E-state index in [0.717, 1.165) is 13.8 Å². The van der Waals surface area contributed by atoms with Gasteiger partial charge in [-0.2, -0.15) is 30.7 Å². The third-order valence-corrected chi connectivity index (χ3v) is 2.34. The highest BCUT2D eigenvalue weighted by Gasteiger charge is 2.76. The SMILES string of the molecule is CC(C)C(OC(=O)/C=C/C(=O)[O-])C(F)(F)C(F)(F)C(F)(F)F. The van der Waals surface area contributed by atoms with Crippen molar-refractivity contribution in [3.63, 3.8) is 0 Å². The molecule has 0 heterocycles. The van der Waals surface area contributed by atoms with Gasteiger partial charge in [-0.25, -0.2) is 4.79 Å². The second-order valence-corrected chi connectivity index (χ2v) is 4.45. The quantitative estimate of drug-likeness (QED) is 0.420. The van der Waals surface area contributed by atoms with Gasteiger partial charge in [-0.15, -0.1) is 0 Å². The van der Waals surface area contributed by atoms with Gasteiger partial charge in [-0.3, -0.25) is 0 Å². The molecule has 0 aromatic rings. The maximum Gasteiger partial charge on any atom is 0.460 e. The van der Waals surface area contributed by atoms with Crippen LogP contribution in [0.1, 0.15) is 13.8 Å². The number of aliphatic carboxylic acids is 1. The Balaban J connectivity index is 5.50. The summed E-state index contributed by atoms with van der Waals surface area (Å²) in [7, 11) is 0. The van der Waals surface area contributed by atoms with Gasteiger partial charge in [0.15, 0.2) is 6.10 Å². The molecule has 0 spiro atoms. The first-order valence-corrected chi connectivity index (χ1v) is 5.56. The largest absolute Gasteiger partial charge is 0.545 e. The number of ether oxygens (including phenoxy) is 1. The van der Waals surface area contributed by atoms with Gasteiger partial charge in [0, 0.05) is 6.08 Å². The Bertz CT molecular complexity index is 454. The zero-order valence-electron chi connectivity index (χ0n) is 11.1. The Labute approximate surface area is 119 Å². The lowest BCUT2D eigenvalue weighted by atomic mass is 9.95. The van der Waals surface area contributed by atoms with Crippen molar-refractivity contribution < 1.29 is 50.2 Å². The lowest BCUT2D eigenvalue weighted by Crippen LogP contribution is -2.60. The average Bonchev–Trinajstić information content (AvgIpc) is 2.31. The maximum atomic E-state index is 13.5. The van der Waals surface area contributed by atoms with Crippen molar-refractivity contribution in [3.8, 4) is 0 Å². The van der Waals surface area contributed by atoms with Gasteiger partial charge in [-0.05, 0) is 12.0 Å². The van der Waals surface area contributed by atoms with E-state index in [1.165, 1.54) is 0 Å². The first kappa shape index (κ1) is 20.2. The molecule has 0 amide bonds. The summed E-state index contributed by atoms with van der Waals surface area (Å²) >= 11 is 0. The first-order chi connectivity index (χ1) is 9.64. The molecule has 4 nitrogen and oxygen atoms in total. The van der Waals surface area contributed by atoms with Crippen LogP contribution in [0.5, 0.6) is 0 Å². The number of hydrogen-bond acceptors (Lipinski definition) is 4. The van der Waals surface area contributed by atoms with Gasteiger partial charge in [-0.1, -0.05) is 13.8 Å². The minimum Gasteiger partial charge on any atom is -0.545 e. The van der Waals surface area contributed by atoms with Crippen LogP contribution in [0.3, 0.4) is 0 Å². The molecule has 0 aliphatic carbocycles. The number of esters is 1. The minimum atomic E-state index is -6.57. The molecular weight excluding hydrogens is 329 g/mol. The molecule has 11 heteroatoms. The van der Waals surface area contributed by atoms with Crippen molar-refractivity contribution in [2.75, 3.05) is 0 Å². The summed E-state index contributed by atoms with van der Waals surface area (Å²) in [6.45, 7) is 1.64. The average molecular weight is 339 g/mol. The van der Waals surface area contributed by atoms with Crippen LogP contribution < -0.4 is 5.11 Å². The summed E-state index contributed by atoms with van der Waals surface area (Å²) in [6.07, 6.45) is -9.62. The monoisotopic (exact) mass is 339 g/mol. The predicted molar refractivity (Wildman–Crippen MR) is 54.8 cm³/mol. The van der Waals surface area contributed by atoms with E-state index in [0.29, 0.717) is 0 Å². The van der Waals surface area contributed by atoms with Crippen molar-refractivity contribution in [3.05, 3.63) is 12.2 Å². The Hall–Kier alpha value is -1.81. The molecule has 0 saturated heterocycles. The van der Waals surface area contributed by atoms with E-state index >= 15 is 0 Å². The summed E-state index contributed by atoms with van der Waals surface area (Å²) in [5.74, 6) is -17.6. The maximum absolute atomic E-state index is 13.5. The predicted octanol–water partition coefficient (Wildman–Crippen LogP) is 1.69. The fraction of sp³-hybridized carbons (Fsp3) is 0.636. The number of carbonyl (C=O) groups excluding carboxylic acids is 2. The van der Waals surface area contributed by atoms with Crippen LogP contribution in [0.2, 0.25) is 0 Å². The molecule has 0 aromatic heterocycles. The number of alkyl halides is 7. The van der Waals surface area contributed by atoms with Crippen molar-refractivity contribution in [2.45, 2.75) is 38.0 Å². The summed E-state index contributed by atoms with van der Waals surface area (Å²) < 4.78 is 92.8. The summed E-state index contributed by atoms with van der Waals surface area (Å²) in [6, 6.07) is 0. The van der Waals surface area contributed by atoms with Crippen LogP contribution in [-0.4, -0.2) is 36.1 Å². The molecule has 1 atom stereocenters. The number of carbonyl (C=O) groups is 2. The van der Waals surface area contributed by atoms with Crippen LogP contribution in [0.4, 0.5) is 30.7 Å². The molecule has 1 unspecified atom stereocenters. The van der Waals surface area contributed by atoms with E-state index in [-0.39, 0.29) is 12.2 Å². The zero-order valence-corrected chi connectivity index (χ0v) is 11.1. The van der Waals surface area contributed by atoms with E-state index in [4.69, 9.17) is 0 Å². The van der Waals surface area contributed by atoms with Crippen LogP contribution >= 0.6 is 0 Å². The third-order valence-electron chi connectivity index (χ3n) is 2.34. The van der Waals surface area contributed by atoms with Crippen molar-refractivity contribution in [2.24, 2.45) is 5.92 Å². The highest BCUT2D eigenvalue weighted by molar-refractivity contribution is 5.90. The summed E-state index contributed by atoms with van der Waals surface area (Å²) in [5, 5.41) is 9.99. The van der Waals surface area contributed by atoms with E-state index in [9.17, 15) is 45.4 Å². The summed E-state index contributed by atoms with van der Waals surface area (Å²) in [4.78, 5) is 21.0. The lowest BCUT2D eigenvalue weighted by Gasteiger charge is -2.35. The molecule has 0 bridgehead atoms. The van der Waals surface area contributed by atoms with Crippen LogP contribution in [0.25, 0.3) is 0 Å². The fourth-order valence-corrected chi connectivity index (χ4v) is 1.30. The van der Waals surface area contributed by atoms with Crippen molar-refractivity contribution >= 4 is 11.9 Å². The smallest absolute Gasteiger partial charge is 0.460 e. The third kappa shape index (κ3) is 4.34. The molecule has 0 rings (SSSR count). The normalized spacial score (nSPS) is 15.2. The Morgan fingerprint density at radius 2 is 1.45 bits per heavy atom. The molecule has 0 aliphatic rings. The molecule has 128 valence electrons. The van der Waals surface area contributed by atoms with Gasteiger partial charge in [0.25, 0.3) is 0 Å². The van der Waals surface area contributed by atoms with Crippen molar-refractivity contribution in [1.82, 2.24) is 0 Å². The van der Waals surface area contributed by atoms with Gasteiger partial charge in [0.2, 0.25) is 0 Å². The van der Waals surface area contributed by atoms with Crippen LogP contribution in [0.15, 0.2) is 12.2 Å². The Kier molecular flexibility index (Phi) is 5.99. The van der Waals surface area contributed by atoms with Crippen molar-refractivity contribution in [1.29, 1.82) is 0 Å². The van der Waals surface area contributed by atoms with Gasteiger partial charge < -0.3 is 14.6 Å². The van der Waals surface area contributed by atoms with Gasteiger partial charge >= 0.3 is 24.0 Å². The standard InChI is InChI=1S/C11H11F7O4/c1-5(2)8(22-7(21)4-3-6(19)20)9(12,13)10(14,15)11(16,17)18/h3-5,8H,1-2H3,(H,19,20)/p-1/b4-3+. The second-order valence-electron chi connectivity index (χ2n) is 4.45. The highest BCUT2D eigenvalue weighted by atomic mass is 19.4. The van der Waals surface area contributed by atoms with E-state index in [2.05, 4.69) is 4.74 Å². The van der Waals surface area contributed by atoms with E-state index < -0.39 is 42.0 Å². The molecule has 0 radical (unpaired) electrons. The van der Waals surface area contributed by atoms with Crippen LogP contribution in [-0.2, 0) is 14.3 Å². The van der Waals surface area contributed by atoms with E-state index in [1.54, 1.807) is 0 Å². The number of carboxylic acids is 1. The number of halogens is 7. The molecule has 0 fully saturated rings. The number of carboxylic acid groups (broad SMARTS) is 1. The highest BCUT2D eigenvalue weighted by Crippen LogP contribution is 2.49. The molecule has 0 saturated carbocycles. The van der Waals surface area contributed by atoms with Gasteiger partial charge in [0.1, 0.15) is 0 Å². The number of rotatable bonds is 6. The lowest BCUT2D eigenvalue weighted by molar-refractivity contribution is -0.373. The molecule has 0 N–H and O–H groups in total. The topological polar surface area (TPSA) is 66.4 Å². The van der Waals surface area contributed by atoms with Gasteiger partial charge in [0.05, 0.1) is 5.97 Å². The molecular formula is C11H10F7O4-.